The van der Waals surface area contributed by atoms with Gasteiger partial charge in [-0.25, -0.2) is 0 Å². The Balaban J connectivity index is 2.58. The SMILES string of the molecule is CCNC(=NCC(C)C(=O)OC)N1CC[C@@H](O)C1. The molecule has 6 heteroatoms. The van der Waals surface area contributed by atoms with Gasteiger partial charge in [0.15, 0.2) is 5.96 Å². The summed E-state index contributed by atoms with van der Waals surface area (Å²) < 4.78 is 4.66. The van der Waals surface area contributed by atoms with Crippen molar-refractivity contribution in [3.8, 4) is 0 Å². The maximum atomic E-state index is 11.3. The molecule has 1 fully saturated rings. The zero-order valence-corrected chi connectivity index (χ0v) is 11.3. The second kappa shape index (κ2) is 7.20. The molecule has 0 aromatic carbocycles. The Morgan fingerprint density at radius 1 is 1.67 bits per heavy atom. The van der Waals surface area contributed by atoms with Crippen LogP contribution in [0.25, 0.3) is 0 Å². The highest BCUT2D eigenvalue weighted by molar-refractivity contribution is 5.81. The van der Waals surface area contributed by atoms with E-state index in [9.17, 15) is 9.90 Å². The third-order valence-electron chi connectivity index (χ3n) is 2.92. The average Bonchev–Trinajstić information content (AvgIpc) is 2.79. The number of carbonyl (C=O) groups excluding carboxylic acids is 1. The molecule has 0 radical (unpaired) electrons. The molecule has 0 aliphatic carbocycles. The molecule has 1 heterocycles. The quantitative estimate of drug-likeness (QED) is 0.415. The molecule has 1 unspecified atom stereocenters. The van der Waals surface area contributed by atoms with Crippen LogP contribution in [0.4, 0.5) is 0 Å². The molecule has 18 heavy (non-hydrogen) atoms. The van der Waals surface area contributed by atoms with E-state index in [4.69, 9.17) is 0 Å². The molecule has 2 N–H and O–H groups in total. The first-order valence-corrected chi connectivity index (χ1v) is 6.37. The second-order valence-corrected chi connectivity index (χ2v) is 4.51. The molecule has 0 bridgehead atoms. The minimum atomic E-state index is -0.285. The molecule has 1 aliphatic rings. The van der Waals surface area contributed by atoms with Gasteiger partial charge in [0.2, 0.25) is 0 Å². The fourth-order valence-corrected chi connectivity index (χ4v) is 1.86. The minimum absolute atomic E-state index is 0.254. The first kappa shape index (κ1) is 14.8. The summed E-state index contributed by atoms with van der Waals surface area (Å²) >= 11 is 0. The number of methoxy groups -OCH3 is 1. The van der Waals surface area contributed by atoms with E-state index in [2.05, 4.69) is 15.0 Å². The van der Waals surface area contributed by atoms with Crippen LogP contribution in [0.1, 0.15) is 20.3 Å². The molecular formula is C12H23N3O3. The number of β-amino-alcohol motifs (C(OH)–C–C–N with tert-alkyl or cyclic N) is 1. The maximum absolute atomic E-state index is 11.3. The second-order valence-electron chi connectivity index (χ2n) is 4.51. The van der Waals surface area contributed by atoms with Crippen molar-refractivity contribution < 1.29 is 14.6 Å². The van der Waals surface area contributed by atoms with Crippen molar-refractivity contribution in [2.45, 2.75) is 26.4 Å². The smallest absolute Gasteiger partial charge is 0.310 e. The number of ether oxygens (including phenoxy) is 1. The number of carbonyl (C=O) groups is 1. The predicted octanol–water partition coefficient (Wildman–Crippen LogP) is -0.172. The van der Waals surface area contributed by atoms with Crippen LogP contribution >= 0.6 is 0 Å². The summed E-state index contributed by atoms with van der Waals surface area (Å²) in [5.74, 6) is 0.247. The lowest BCUT2D eigenvalue weighted by Crippen LogP contribution is -2.41. The fourth-order valence-electron chi connectivity index (χ4n) is 1.86. The van der Waals surface area contributed by atoms with Crippen LogP contribution in [0.15, 0.2) is 4.99 Å². The lowest BCUT2D eigenvalue weighted by Gasteiger charge is -2.21. The number of hydrogen-bond acceptors (Lipinski definition) is 4. The molecule has 6 nitrogen and oxygen atoms in total. The normalized spacial score (nSPS) is 21.9. The Kier molecular flexibility index (Phi) is 5.91. The van der Waals surface area contributed by atoms with Gasteiger partial charge in [0, 0.05) is 19.6 Å². The molecule has 0 aromatic rings. The van der Waals surface area contributed by atoms with Gasteiger partial charge in [0.1, 0.15) is 0 Å². The van der Waals surface area contributed by atoms with Crippen molar-refractivity contribution in [3.05, 3.63) is 0 Å². The number of aliphatic hydroxyl groups is 1. The van der Waals surface area contributed by atoms with Gasteiger partial charge in [-0.2, -0.15) is 0 Å². The maximum Gasteiger partial charge on any atom is 0.310 e. The molecular weight excluding hydrogens is 234 g/mol. The van der Waals surface area contributed by atoms with Crippen molar-refractivity contribution >= 4 is 11.9 Å². The molecule has 1 saturated heterocycles. The largest absolute Gasteiger partial charge is 0.469 e. The van der Waals surface area contributed by atoms with E-state index in [0.29, 0.717) is 13.1 Å². The summed E-state index contributed by atoms with van der Waals surface area (Å²) in [5, 5.41) is 12.7. The number of guanidine groups is 1. The Hall–Kier alpha value is -1.30. The predicted molar refractivity (Wildman–Crippen MR) is 69.4 cm³/mol. The van der Waals surface area contributed by atoms with Gasteiger partial charge in [-0.15, -0.1) is 0 Å². The van der Waals surface area contributed by atoms with Gasteiger partial charge >= 0.3 is 5.97 Å². The van der Waals surface area contributed by atoms with Crippen molar-refractivity contribution in [2.24, 2.45) is 10.9 Å². The van der Waals surface area contributed by atoms with Crippen molar-refractivity contribution in [2.75, 3.05) is 33.3 Å². The molecule has 0 saturated carbocycles. The van der Waals surface area contributed by atoms with Gasteiger partial charge in [0.05, 0.1) is 25.7 Å². The number of nitrogens with one attached hydrogen (secondary N) is 1. The Morgan fingerprint density at radius 3 is 2.89 bits per heavy atom. The molecule has 1 aliphatic heterocycles. The topological polar surface area (TPSA) is 74.2 Å². The summed E-state index contributed by atoms with van der Waals surface area (Å²) in [4.78, 5) is 17.7. The summed E-state index contributed by atoms with van der Waals surface area (Å²) in [7, 11) is 1.38. The standard InChI is InChI=1S/C12H23N3O3/c1-4-13-12(15-6-5-10(16)8-15)14-7-9(2)11(17)18-3/h9-10,16H,4-8H2,1-3H3,(H,13,14)/t9?,10-/m1/s1. The Labute approximate surface area is 108 Å². The van der Waals surface area contributed by atoms with Gasteiger partial charge in [-0.1, -0.05) is 6.92 Å². The summed E-state index contributed by atoms with van der Waals surface area (Å²) in [6, 6.07) is 0. The van der Waals surface area contributed by atoms with Gasteiger partial charge in [-0.3, -0.25) is 9.79 Å². The van der Waals surface area contributed by atoms with E-state index in [0.717, 1.165) is 25.5 Å². The highest BCUT2D eigenvalue weighted by Crippen LogP contribution is 2.09. The molecule has 0 spiro atoms. The average molecular weight is 257 g/mol. The Bertz CT molecular complexity index is 307. The first-order chi connectivity index (χ1) is 8.58. The molecule has 1 rings (SSSR count). The number of likely N-dealkylation sites (tertiary alicyclic amines) is 1. The van der Waals surface area contributed by atoms with E-state index in [1.165, 1.54) is 7.11 Å². The third-order valence-corrected chi connectivity index (χ3v) is 2.92. The van der Waals surface area contributed by atoms with Crippen molar-refractivity contribution in [1.29, 1.82) is 0 Å². The van der Waals surface area contributed by atoms with Crippen LogP contribution in [-0.4, -0.2) is 61.3 Å². The van der Waals surface area contributed by atoms with Gasteiger partial charge in [-0.05, 0) is 13.3 Å². The van der Waals surface area contributed by atoms with E-state index in [-0.39, 0.29) is 18.0 Å². The number of nitrogens with zero attached hydrogens (tertiary/aromatic N) is 2. The number of rotatable bonds is 4. The fraction of sp³-hybridized carbons (Fsp3) is 0.833. The van der Waals surface area contributed by atoms with Crippen molar-refractivity contribution in [3.63, 3.8) is 0 Å². The number of hydrogen-bond donors (Lipinski definition) is 2. The summed E-state index contributed by atoms with van der Waals surface area (Å²) in [6.07, 6.45) is 0.476. The van der Waals surface area contributed by atoms with Gasteiger partial charge < -0.3 is 20.1 Å². The lowest BCUT2D eigenvalue weighted by atomic mass is 10.2. The summed E-state index contributed by atoms with van der Waals surface area (Å²) in [6.45, 7) is 6.32. The van der Waals surface area contributed by atoms with E-state index in [1.807, 2.05) is 11.8 Å². The highest BCUT2D eigenvalue weighted by Gasteiger charge is 2.23. The lowest BCUT2D eigenvalue weighted by molar-refractivity contribution is -0.144. The number of esters is 1. The highest BCUT2D eigenvalue weighted by atomic mass is 16.5. The van der Waals surface area contributed by atoms with Crippen LogP contribution < -0.4 is 5.32 Å². The zero-order valence-electron chi connectivity index (χ0n) is 11.3. The molecule has 0 amide bonds. The molecule has 2 atom stereocenters. The first-order valence-electron chi connectivity index (χ1n) is 6.37. The third kappa shape index (κ3) is 4.18. The number of aliphatic hydroxyl groups excluding tert-OH is 1. The number of aliphatic imine (C=N–C) groups is 1. The Morgan fingerprint density at radius 2 is 2.39 bits per heavy atom. The van der Waals surface area contributed by atoms with Crippen molar-refractivity contribution in [1.82, 2.24) is 10.2 Å². The molecule has 0 aromatic heterocycles. The monoisotopic (exact) mass is 257 g/mol. The van der Waals surface area contributed by atoms with E-state index < -0.39 is 0 Å². The zero-order chi connectivity index (χ0) is 13.5. The molecule has 104 valence electrons. The summed E-state index contributed by atoms with van der Waals surface area (Å²) in [5.41, 5.74) is 0. The minimum Gasteiger partial charge on any atom is -0.469 e. The van der Waals surface area contributed by atoms with E-state index >= 15 is 0 Å². The van der Waals surface area contributed by atoms with Crippen LogP contribution in [0.5, 0.6) is 0 Å². The van der Waals surface area contributed by atoms with Gasteiger partial charge in [0.25, 0.3) is 0 Å². The van der Waals surface area contributed by atoms with Crippen LogP contribution in [0, 0.1) is 5.92 Å². The van der Waals surface area contributed by atoms with E-state index in [1.54, 1.807) is 6.92 Å². The van der Waals surface area contributed by atoms with Crippen LogP contribution in [0.3, 0.4) is 0 Å². The van der Waals surface area contributed by atoms with Crippen LogP contribution in [0.2, 0.25) is 0 Å². The van der Waals surface area contributed by atoms with Crippen LogP contribution in [-0.2, 0) is 9.53 Å².